The molecule has 9 heteroatoms. The maximum Gasteiger partial charge on any atom is 0.269 e. The van der Waals surface area contributed by atoms with E-state index in [1.165, 1.54) is 15.4 Å². The van der Waals surface area contributed by atoms with Crippen LogP contribution in [0.5, 0.6) is 11.6 Å². The minimum Gasteiger partial charge on any atom is -0.437 e. The fourth-order valence-corrected chi connectivity index (χ4v) is 4.97. The summed E-state index contributed by atoms with van der Waals surface area (Å²) < 4.78 is 7.79. The van der Waals surface area contributed by atoms with E-state index >= 15 is 0 Å². The van der Waals surface area contributed by atoms with Gasteiger partial charge in [-0.15, -0.1) is 0 Å². The summed E-state index contributed by atoms with van der Waals surface area (Å²) >= 11 is 12.9. The first kappa shape index (κ1) is 23.3. The number of fused-ring (bicyclic) bond motifs is 1. The Bertz CT molecular complexity index is 1560. The highest BCUT2D eigenvalue weighted by atomic mass is 35.5. The van der Waals surface area contributed by atoms with Gasteiger partial charge in [0.25, 0.3) is 11.5 Å². The van der Waals surface area contributed by atoms with Crippen LogP contribution in [0.15, 0.2) is 82.6 Å². The normalized spacial score (nSPS) is 14.8. The highest BCUT2D eigenvalue weighted by Crippen LogP contribution is 2.35. The van der Waals surface area contributed by atoms with Crippen molar-refractivity contribution in [2.24, 2.45) is 0 Å². The van der Waals surface area contributed by atoms with Gasteiger partial charge in [-0.05, 0) is 42.8 Å². The van der Waals surface area contributed by atoms with Gasteiger partial charge in [-0.1, -0.05) is 83.6 Å². The van der Waals surface area contributed by atoms with Crippen LogP contribution in [0.1, 0.15) is 16.7 Å². The molecule has 4 aromatic rings. The molecule has 0 N–H and O–H groups in total. The zero-order chi connectivity index (χ0) is 24.5. The van der Waals surface area contributed by atoms with Crippen molar-refractivity contribution in [2.45, 2.75) is 13.5 Å². The Morgan fingerprint density at radius 3 is 2.57 bits per heavy atom. The van der Waals surface area contributed by atoms with Crippen LogP contribution in [0.25, 0.3) is 11.7 Å². The Labute approximate surface area is 215 Å². The first-order chi connectivity index (χ1) is 16.9. The van der Waals surface area contributed by atoms with Crippen molar-refractivity contribution < 1.29 is 9.53 Å². The lowest BCUT2D eigenvalue weighted by atomic mass is 10.1. The molecule has 6 nitrogen and oxygen atoms in total. The fourth-order valence-electron chi connectivity index (χ4n) is 3.56. The second-order valence-corrected chi connectivity index (χ2v) is 9.93. The summed E-state index contributed by atoms with van der Waals surface area (Å²) in [6.07, 6.45) is 3.11. The van der Waals surface area contributed by atoms with E-state index in [1.807, 2.05) is 31.2 Å². The number of aryl methyl sites for hydroxylation is 1. The van der Waals surface area contributed by atoms with Crippen molar-refractivity contribution in [1.29, 1.82) is 0 Å². The molecule has 2 aromatic carbocycles. The van der Waals surface area contributed by atoms with Gasteiger partial charge >= 0.3 is 0 Å². The molecule has 1 amide bonds. The smallest absolute Gasteiger partial charge is 0.269 e. The lowest BCUT2D eigenvalue weighted by Crippen LogP contribution is -2.27. The number of amides is 1. The number of hydrogen-bond acceptors (Lipinski definition) is 6. The monoisotopic (exact) mass is 519 g/mol. The van der Waals surface area contributed by atoms with Crippen molar-refractivity contribution >= 4 is 57.5 Å². The van der Waals surface area contributed by atoms with Crippen molar-refractivity contribution in [3.8, 4) is 11.6 Å². The van der Waals surface area contributed by atoms with E-state index in [2.05, 4.69) is 4.98 Å². The molecule has 1 aliphatic heterocycles. The van der Waals surface area contributed by atoms with Crippen molar-refractivity contribution in [3.05, 3.63) is 110 Å². The van der Waals surface area contributed by atoms with Gasteiger partial charge in [0.2, 0.25) is 5.88 Å². The molecule has 2 aromatic heterocycles. The number of halogens is 1. The van der Waals surface area contributed by atoms with Crippen LogP contribution in [0, 0.1) is 6.92 Å². The van der Waals surface area contributed by atoms with Crippen LogP contribution in [-0.4, -0.2) is 24.5 Å². The number of nitrogens with zero attached hydrogens (tertiary/aromatic N) is 3. The molecule has 1 fully saturated rings. The maximum absolute atomic E-state index is 13.4. The first-order valence-electron chi connectivity index (χ1n) is 10.7. The Kier molecular flexibility index (Phi) is 6.42. The number of para-hydroxylation sites is 1. The molecular formula is C26H18ClN3O3S2. The number of hydrogen-bond donors (Lipinski definition) is 0. The van der Waals surface area contributed by atoms with Crippen LogP contribution in [0.3, 0.4) is 0 Å². The largest absolute Gasteiger partial charge is 0.437 e. The summed E-state index contributed by atoms with van der Waals surface area (Å²) in [4.78, 5) is 33.0. The maximum atomic E-state index is 13.4. The summed E-state index contributed by atoms with van der Waals surface area (Å²) in [6, 6.07) is 20.0. The Hall–Kier alpha value is -3.46. The fraction of sp³-hybridized carbons (Fsp3) is 0.0769. The van der Waals surface area contributed by atoms with Gasteiger partial charge in [0, 0.05) is 6.20 Å². The Morgan fingerprint density at radius 2 is 1.80 bits per heavy atom. The van der Waals surface area contributed by atoms with E-state index in [1.54, 1.807) is 48.7 Å². The number of aromatic nitrogens is 2. The SMILES string of the molecule is Cc1ccc(CN2C(=O)/C(=C\c3c(Oc4ccccc4Cl)nc4ccccn4c3=O)SC2=S)cc1. The minimum atomic E-state index is -0.374. The van der Waals surface area contributed by atoms with Gasteiger partial charge in [-0.3, -0.25) is 18.9 Å². The second-order valence-electron chi connectivity index (χ2n) is 7.85. The lowest BCUT2D eigenvalue weighted by Gasteiger charge is -2.14. The molecule has 3 heterocycles. The van der Waals surface area contributed by atoms with E-state index in [9.17, 15) is 9.59 Å². The highest BCUT2D eigenvalue weighted by molar-refractivity contribution is 8.26. The minimum absolute atomic E-state index is 0.0538. The Balaban J connectivity index is 1.56. The molecule has 0 spiro atoms. The summed E-state index contributed by atoms with van der Waals surface area (Å²) in [6.45, 7) is 2.35. The van der Waals surface area contributed by atoms with E-state index in [0.29, 0.717) is 32.2 Å². The molecule has 35 heavy (non-hydrogen) atoms. The van der Waals surface area contributed by atoms with Gasteiger partial charge < -0.3 is 4.74 Å². The number of carbonyl (C=O) groups is 1. The van der Waals surface area contributed by atoms with Crippen LogP contribution in [0.4, 0.5) is 0 Å². The van der Waals surface area contributed by atoms with Crippen molar-refractivity contribution in [1.82, 2.24) is 14.3 Å². The molecule has 174 valence electrons. The summed E-state index contributed by atoms with van der Waals surface area (Å²) in [7, 11) is 0. The molecule has 0 aliphatic carbocycles. The Morgan fingerprint density at radius 1 is 1.06 bits per heavy atom. The number of thiocarbonyl (C=S) groups is 1. The zero-order valence-electron chi connectivity index (χ0n) is 18.5. The zero-order valence-corrected chi connectivity index (χ0v) is 20.9. The third-order valence-corrected chi connectivity index (χ3v) is 7.08. The number of rotatable bonds is 5. The van der Waals surface area contributed by atoms with Gasteiger partial charge in [-0.2, -0.15) is 4.98 Å². The molecule has 0 saturated carbocycles. The van der Waals surface area contributed by atoms with Gasteiger partial charge in [0.1, 0.15) is 21.3 Å². The number of pyridine rings is 1. The number of benzene rings is 2. The molecule has 0 bridgehead atoms. The first-order valence-corrected chi connectivity index (χ1v) is 12.3. The summed E-state index contributed by atoms with van der Waals surface area (Å²) in [5.74, 6) is 0.128. The summed E-state index contributed by atoms with van der Waals surface area (Å²) in [5, 5.41) is 0.373. The predicted molar refractivity (Wildman–Crippen MR) is 143 cm³/mol. The lowest BCUT2D eigenvalue weighted by molar-refractivity contribution is -0.122. The topological polar surface area (TPSA) is 63.9 Å². The average Bonchev–Trinajstić information content (AvgIpc) is 3.11. The number of carbonyl (C=O) groups excluding carboxylic acids is 1. The third kappa shape index (κ3) is 4.73. The van der Waals surface area contributed by atoms with E-state index in [-0.39, 0.29) is 22.9 Å². The summed E-state index contributed by atoms with van der Waals surface area (Å²) in [5.41, 5.74) is 2.26. The molecule has 5 rings (SSSR count). The van der Waals surface area contributed by atoms with Crippen LogP contribution < -0.4 is 10.3 Å². The van der Waals surface area contributed by atoms with Crippen LogP contribution >= 0.6 is 35.6 Å². The molecule has 1 saturated heterocycles. The van der Waals surface area contributed by atoms with Gasteiger partial charge in [0.15, 0.2) is 0 Å². The molecule has 1 aliphatic rings. The standard InChI is InChI=1S/C26H18ClN3O3S2/c1-16-9-11-17(12-10-16)15-30-25(32)21(35-26(30)34)14-18-23(33-20-7-3-2-6-19(20)27)28-22-8-4-5-13-29(22)24(18)31/h2-14H,15H2,1H3/b21-14+. The van der Waals surface area contributed by atoms with E-state index in [4.69, 9.17) is 28.6 Å². The predicted octanol–water partition coefficient (Wildman–Crippen LogP) is 5.85. The van der Waals surface area contributed by atoms with Crippen molar-refractivity contribution in [3.63, 3.8) is 0 Å². The molecular weight excluding hydrogens is 502 g/mol. The van der Waals surface area contributed by atoms with Crippen molar-refractivity contribution in [2.75, 3.05) is 0 Å². The average molecular weight is 520 g/mol. The highest BCUT2D eigenvalue weighted by Gasteiger charge is 2.33. The van der Waals surface area contributed by atoms with Gasteiger partial charge in [-0.25, -0.2) is 0 Å². The number of ether oxygens (including phenoxy) is 1. The third-order valence-electron chi connectivity index (χ3n) is 5.39. The van der Waals surface area contributed by atoms with E-state index < -0.39 is 0 Å². The quantitative estimate of drug-likeness (QED) is 0.243. The molecule has 0 unspecified atom stereocenters. The van der Waals surface area contributed by atoms with Gasteiger partial charge in [0.05, 0.1) is 16.5 Å². The van der Waals surface area contributed by atoms with E-state index in [0.717, 1.165) is 22.9 Å². The number of thioether (sulfide) groups is 1. The van der Waals surface area contributed by atoms with Crippen LogP contribution in [0.2, 0.25) is 5.02 Å². The molecule has 0 atom stereocenters. The second kappa shape index (κ2) is 9.65. The van der Waals surface area contributed by atoms with Crippen LogP contribution in [-0.2, 0) is 11.3 Å². The molecule has 0 radical (unpaired) electrons.